The summed E-state index contributed by atoms with van der Waals surface area (Å²) in [7, 11) is 0. The Hall–Kier alpha value is -14.2. The van der Waals surface area contributed by atoms with Gasteiger partial charge in [0, 0.05) is 81.8 Å². The molecule has 3 amide bonds. The number of fused-ring (bicyclic) bond motifs is 4. The number of hydrogen-bond acceptors (Lipinski definition) is 21. The molecule has 682 valence electrons. The number of Topliss-reactive ketones (excluding diaryl/α,β-unsaturated/α-hetero) is 1. The maximum atomic E-state index is 14.0. The minimum absolute atomic E-state index is 0.110. The van der Waals surface area contributed by atoms with E-state index in [1.807, 2.05) is 235 Å². The summed E-state index contributed by atoms with van der Waals surface area (Å²) in [6.45, 7) is 11.9. The van der Waals surface area contributed by atoms with Gasteiger partial charge < -0.3 is 53.0 Å². The molecule has 13 heterocycles. The van der Waals surface area contributed by atoms with Crippen molar-refractivity contribution < 1.29 is 29.4 Å². The number of rotatable bonds is 18. The number of ketones is 1. The standard InChI is InChI=1S/C26H25N5O3S.C24H22BrN5O3S.C24H23N5O3S.C23H23N7OS/c1-17(32)26(19-10-6-3-7-11-19)12-14-30(15-13-26)24(34)21(18-8-4-2-5-9-18)31-16-27-22-20(25(31)35)23(33)29-28-22;25-17-8-6-16(7-9-17)24(33)10-12-29(13-11-24)22(32)19(15-4-2-1-3-5-15)30-14-26-20-18(23(30)34)21(31)28-27-20;30-21-18-20(26-27-21)25-15-29(23(18)33)19(16-7-3-1-4-8-16)22(31)28-13-11-24(32,12-14-28)17-9-5-2-6-10-17;1-16(28-11-13-29(14-12-28)18-9-5-6-10-24-18)20(17-7-3-2-4-8-17)30-15-25-21-19(23(30)32)22(31)27-26-21/h2-11,16,21H,12-15H2,1H3,(H2,28,29,33);1-9,14,19,33H,10-13H2,(H2,27,28,31);1-10,15,19,32H,11-14H2,(H2,26,27,30);2-10,15,20H,1,11-14H2,(H2,26,27,31). The van der Waals surface area contributed by atoms with Crippen LogP contribution in [-0.2, 0) is 35.8 Å². The Morgan fingerprint density at radius 2 is 0.642 bits per heavy atom. The molecule has 4 saturated heterocycles. The summed E-state index contributed by atoms with van der Waals surface area (Å²) >= 11 is 26.0. The van der Waals surface area contributed by atoms with Crippen LogP contribution in [0.3, 0.4) is 0 Å². The zero-order chi connectivity index (χ0) is 93.5. The van der Waals surface area contributed by atoms with Gasteiger partial charge in [0.25, 0.3) is 22.2 Å². The van der Waals surface area contributed by atoms with Crippen LogP contribution in [0.25, 0.3) is 44.1 Å². The van der Waals surface area contributed by atoms with Crippen molar-refractivity contribution in [1.29, 1.82) is 0 Å². The summed E-state index contributed by atoms with van der Waals surface area (Å²) in [6.07, 6.45) is 10.8. The molecule has 7 aromatic carbocycles. The summed E-state index contributed by atoms with van der Waals surface area (Å²) in [5.74, 6) is 0.638. The monoisotopic (exact) mass is 1930 g/mol. The van der Waals surface area contributed by atoms with E-state index in [4.69, 9.17) is 48.9 Å². The van der Waals surface area contributed by atoms with Gasteiger partial charge in [0.15, 0.2) is 22.6 Å². The van der Waals surface area contributed by atoms with Gasteiger partial charge in [-0.3, -0.25) is 79.1 Å². The Balaban J connectivity index is 0.000000124. The largest absolute Gasteiger partial charge is 0.385 e. The Labute approximate surface area is 793 Å². The number of piperidine rings is 3. The van der Waals surface area contributed by atoms with Crippen LogP contribution in [0.5, 0.6) is 0 Å². The Morgan fingerprint density at radius 1 is 0.351 bits per heavy atom. The van der Waals surface area contributed by atoms with Crippen molar-refractivity contribution in [3.8, 4) is 0 Å². The number of nitrogens with one attached hydrogen (secondary N) is 8. The number of allylic oxidation sites excluding steroid dienone is 1. The topological polar surface area (TPSA) is 404 Å². The van der Waals surface area contributed by atoms with Gasteiger partial charge in [0.05, 0.1) is 41.9 Å². The molecule has 4 atom stereocenters. The molecule has 0 saturated carbocycles. The van der Waals surface area contributed by atoms with Crippen LogP contribution in [0.4, 0.5) is 5.82 Å². The van der Waals surface area contributed by atoms with Crippen molar-refractivity contribution in [2.75, 3.05) is 70.3 Å². The zero-order valence-electron chi connectivity index (χ0n) is 72.5. The number of aromatic amines is 8. The van der Waals surface area contributed by atoms with Crippen LogP contribution in [-0.4, -0.2) is 203 Å². The molecule has 0 spiro atoms. The molecular formula is C97H93BrN22O10S4. The molecule has 134 heavy (non-hydrogen) atoms. The molecule has 0 bridgehead atoms. The van der Waals surface area contributed by atoms with E-state index in [1.165, 1.54) is 19.0 Å². The third-order valence-electron chi connectivity index (χ3n) is 25.7. The van der Waals surface area contributed by atoms with Gasteiger partial charge in [-0.15, -0.1) is 0 Å². The molecule has 4 fully saturated rings. The maximum Gasteiger partial charge on any atom is 0.276 e. The number of pyridine rings is 1. The van der Waals surface area contributed by atoms with Gasteiger partial charge in [0.1, 0.15) is 75.9 Å². The molecule has 10 N–H and O–H groups in total. The van der Waals surface area contributed by atoms with Gasteiger partial charge in [-0.1, -0.05) is 272 Å². The number of carbonyl (C=O) groups is 4. The lowest BCUT2D eigenvalue weighted by molar-refractivity contribution is -0.139. The fourth-order valence-corrected chi connectivity index (χ4v) is 19.9. The average Bonchev–Trinajstić information content (AvgIpc) is 1.40. The number of amides is 3. The zero-order valence-corrected chi connectivity index (χ0v) is 77.4. The quantitative estimate of drug-likeness (QED) is 0.0357. The fourth-order valence-electron chi connectivity index (χ4n) is 18.3. The van der Waals surface area contributed by atoms with Gasteiger partial charge in [0.2, 0.25) is 17.7 Å². The first-order chi connectivity index (χ1) is 64.9. The first-order valence-corrected chi connectivity index (χ1v) is 46.0. The van der Waals surface area contributed by atoms with Crippen molar-refractivity contribution >= 4 is 138 Å². The third kappa shape index (κ3) is 18.6. The van der Waals surface area contributed by atoms with E-state index in [1.54, 1.807) is 41.7 Å². The normalized spacial score (nSPS) is 16.1. The fraction of sp³-hybridized carbons (Fsp3) is 0.247. The van der Waals surface area contributed by atoms with Crippen molar-refractivity contribution in [3.05, 3.63) is 372 Å². The molecule has 4 aliphatic heterocycles. The maximum absolute atomic E-state index is 14.0. The highest BCUT2D eigenvalue weighted by Crippen LogP contribution is 2.41. The number of likely N-dealkylation sites (tertiary alicyclic amines) is 3. The summed E-state index contributed by atoms with van der Waals surface area (Å²) < 4.78 is 8.69. The minimum Gasteiger partial charge on any atom is -0.385 e. The molecule has 20 rings (SSSR count). The van der Waals surface area contributed by atoms with Gasteiger partial charge in [-0.25, -0.2) is 24.9 Å². The molecule has 0 aliphatic carbocycles. The summed E-state index contributed by atoms with van der Waals surface area (Å²) in [6, 6.07) is 68.4. The van der Waals surface area contributed by atoms with Crippen LogP contribution in [0, 0.1) is 18.6 Å². The van der Waals surface area contributed by atoms with E-state index in [0.717, 1.165) is 81.1 Å². The van der Waals surface area contributed by atoms with Gasteiger partial charge in [-0.05, 0) is 109 Å². The highest BCUT2D eigenvalue weighted by Gasteiger charge is 2.45. The molecule has 4 aliphatic rings. The number of nitrogens with zero attached hydrogens (tertiary/aromatic N) is 14. The number of aliphatic hydroxyl groups is 2. The smallest absolute Gasteiger partial charge is 0.276 e. The van der Waals surface area contributed by atoms with Crippen molar-refractivity contribution in [2.24, 2.45) is 0 Å². The lowest BCUT2D eigenvalue weighted by atomic mass is 9.70. The number of benzene rings is 7. The number of aromatic nitrogens is 17. The molecular weight excluding hydrogens is 1840 g/mol. The molecule has 37 heteroatoms. The van der Waals surface area contributed by atoms with Crippen molar-refractivity contribution in [2.45, 2.75) is 86.2 Å². The summed E-state index contributed by atoms with van der Waals surface area (Å²) in [4.78, 5) is 135. The number of halogens is 1. The van der Waals surface area contributed by atoms with Crippen LogP contribution in [0.2, 0.25) is 0 Å². The molecule has 32 nitrogen and oxygen atoms in total. The Kier molecular flexibility index (Phi) is 27.2. The molecule has 9 aromatic heterocycles. The van der Waals surface area contributed by atoms with Gasteiger partial charge in [-0.2, -0.15) is 0 Å². The number of piperazine rings is 1. The highest BCUT2D eigenvalue weighted by atomic mass is 79.9. The van der Waals surface area contributed by atoms with Crippen LogP contribution >= 0.6 is 64.8 Å². The highest BCUT2D eigenvalue weighted by molar-refractivity contribution is 9.10. The van der Waals surface area contributed by atoms with E-state index in [2.05, 4.69) is 98.0 Å². The second-order valence-electron chi connectivity index (χ2n) is 33.4. The van der Waals surface area contributed by atoms with E-state index in [-0.39, 0.29) is 81.9 Å². The predicted molar refractivity (Wildman–Crippen MR) is 522 cm³/mol. The minimum atomic E-state index is -0.991. The van der Waals surface area contributed by atoms with Gasteiger partial charge >= 0.3 is 0 Å². The Morgan fingerprint density at radius 3 is 0.963 bits per heavy atom. The van der Waals surface area contributed by atoms with E-state index in [9.17, 15) is 48.6 Å². The average molecular weight is 1940 g/mol. The lowest BCUT2D eigenvalue weighted by Gasteiger charge is -2.41. The first kappa shape index (κ1) is 91.7. The SMILES string of the molecule is C=C(C(c1ccccc1)n1cnc2[nH][nH]c(=O)c2c1=S)N1CCN(c2ccccn2)CC1.CC(=O)C1(c2ccccc2)CCN(C(=O)C(c2ccccc2)n2cnc3[nH][nH]c(=O)c3c2=S)CC1.O=C(C(c1ccccc1)n1cnc2[nH][nH]c(=O)c2c1=S)N1CCC(O)(c2ccc(Br)cc2)CC1.O=C(C(c1ccccc1)n1cnc2[nH][nH]c(=O)c2c1=S)N1CCC(O)(c2ccccc2)CC1. The van der Waals surface area contributed by atoms with E-state index in [0.29, 0.717) is 110 Å². The number of anilines is 1. The van der Waals surface area contributed by atoms with E-state index >= 15 is 0 Å². The third-order valence-corrected chi connectivity index (χ3v) is 27.9. The van der Waals surface area contributed by atoms with Crippen molar-refractivity contribution in [3.63, 3.8) is 0 Å². The lowest BCUT2D eigenvalue weighted by Crippen LogP contribution is -2.50. The first-order valence-electron chi connectivity index (χ1n) is 43.6. The van der Waals surface area contributed by atoms with Crippen LogP contribution in [0.1, 0.15) is 109 Å². The second-order valence-corrected chi connectivity index (χ2v) is 35.8. The number of H-pyrrole nitrogens is 8. The van der Waals surface area contributed by atoms with Crippen molar-refractivity contribution in [1.82, 2.24) is 104 Å². The second kappa shape index (κ2) is 39.7. The summed E-state index contributed by atoms with van der Waals surface area (Å²) in [5.41, 5.74) is 4.43. The Bertz CT molecular complexity index is 7490. The number of carbonyl (C=O) groups excluding carboxylic acids is 4. The molecule has 0 radical (unpaired) electrons. The van der Waals surface area contributed by atoms with E-state index < -0.39 is 34.7 Å². The van der Waals surface area contributed by atoms with Crippen LogP contribution < -0.4 is 27.1 Å². The predicted octanol–water partition coefficient (Wildman–Crippen LogP) is 13.1. The van der Waals surface area contributed by atoms with Crippen LogP contribution in [0.15, 0.2) is 292 Å². The molecule has 16 aromatic rings. The molecule has 4 unspecified atom stereocenters. The summed E-state index contributed by atoms with van der Waals surface area (Å²) in [5, 5.41) is 44.5. The number of hydrogen-bond donors (Lipinski definition) is 10.